The smallest absolute Gasteiger partial charge is 0.248 e. The third kappa shape index (κ3) is 2.67. The van der Waals surface area contributed by atoms with Gasteiger partial charge < -0.3 is 14.6 Å². The molecule has 100 valence electrons. The first-order valence-corrected chi connectivity index (χ1v) is 6.36. The second kappa shape index (κ2) is 4.87. The quantitative estimate of drug-likeness (QED) is 0.890. The fourth-order valence-electron chi connectivity index (χ4n) is 1.83. The molecule has 2 heterocycles. The monoisotopic (exact) mass is 260 g/mol. The van der Waals surface area contributed by atoms with Gasteiger partial charge in [-0.25, -0.2) is 4.98 Å². The molecule has 19 heavy (non-hydrogen) atoms. The molecule has 2 aromatic rings. The van der Waals surface area contributed by atoms with Gasteiger partial charge in [0.2, 0.25) is 11.8 Å². The first kappa shape index (κ1) is 12.0. The van der Waals surface area contributed by atoms with E-state index in [0.717, 1.165) is 11.5 Å². The summed E-state index contributed by atoms with van der Waals surface area (Å²) in [6.07, 6.45) is 4.06. The highest BCUT2D eigenvalue weighted by Gasteiger charge is 2.29. The Bertz CT molecular complexity index is 548. The molecule has 0 bridgehead atoms. The van der Waals surface area contributed by atoms with Crippen molar-refractivity contribution in [2.45, 2.75) is 31.7 Å². The summed E-state index contributed by atoms with van der Waals surface area (Å²) in [5.41, 5.74) is 0.888. The molecular weight excluding hydrogens is 244 g/mol. The molecule has 0 radical (unpaired) electrons. The summed E-state index contributed by atoms with van der Waals surface area (Å²) >= 11 is 0. The summed E-state index contributed by atoms with van der Waals surface area (Å²) in [4.78, 5) is 8.55. The van der Waals surface area contributed by atoms with E-state index in [1.165, 1.54) is 12.8 Å². The third-order valence-electron chi connectivity index (χ3n) is 3.10. The van der Waals surface area contributed by atoms with Gasteiger partial charge in [0.25, 0.3) is 0 Å². The van der Waals surface area contributed by atoms with Gasteiger partial charge >= 0.3 is 0 Å². The minimum absolute atomic E-state index is 0.0461. The molecule has 1 saturated carbocycles. The lowest BCUT2D eigenvalue weighted by Crippen LogP contribution is -2.07. The number of hydrogen-bond donors (Lipinski definition) is 1. The van der Waals surface area contributed by atoms with Crippen molar-refractivity contribution in [2.75, 3.05) is 12.4 Å². The van der Waals surface area contributed by atoms with Crippen molar-refractivity contribution in [1.82, 2.24) is 15.1 Å². The Kier molecular flexibility index (Phi) is 3.06. The minimum atomic E-state index is -0.0461. The van der Waals surface area contributed by atoms with E-state index in [4.69, 9.17) is 9.26 Å². The van der Waals surface area contributed by atoms with E-state index in [-0.39, 0.29) is 6.04 Å². The summed E-state index contributed by atoms with van der Waals surface area (Å²) in [7, 11) is 1.59. The second-order valence-electron chi connectivity index (χ2n) is 4.72. The van der Waals surface area contributed by atoms with Crippen molar-refractivity contribution in [3.63, 3.8) is 0 Å². The molecule has 1 atom stereocenters. The van der Waals surface area contributed by atoms with Crippen LogP contribution in [0, 0.1) is 0 Å². The summed E-state index contributed by atoms with van der Waals surface area (Å²) in [6, 6.07) is 3.66. The van der Waals surface area contributed by atoms with Gasteiger partial charge in [0.05, 0.1) is 19.0 Å². The Balaban J connectivity index is 1.66. The molecule has 0 aliphatic heterocycles. The van der Waals surface area contributed by atoms with Crippen LogP contribution >= 0.6 is 0 Å². The lowest BCUT2D eigenvalue weighted by Gasteiger charge is -2.10. The normalized spacial score (nSPS) is 16.1. The predicted molar refractivity (Wildman–Crippen MR) is 69.1 cm³/mol. The molecule has 6 nitrogen and oxygen atoms in total. The van der Waals surface area contributed by atoms with E-state index < -0.39 is 0 Å². The third-order valence-corrected chi connectivity index (χ3v) is 3.10. The second-order valence-corrected chi connectivity index (χ2v) is 4.72. The molecule has 0 aromatic carbocycles. The molecule has 1 aliphatic carbocycles. The van der Waals surface area contributed by atoms with Crippen LogP contribution in [0.2, 0.25) is 0 Å². The fraction of sp³-hybridized carbons (Fsp3) is 0.462. The Hall–Kier alpha value is -2.11. The van der Waals surface area contributed by atoms with Gasteiger partial charge in [-0.3, -0.25) is 0 Å². The molecule has 1 unspecified atom stereocenters. The molecule has 0 spiro atoms. The van der Waals surface area contributed by atoms with E-state index in [2.05, 4.69) is 20.4 Å². The molecule has 1 aliphatic rings. The maximum atomic E-state index is 5.28. The van der Waals surface area contributed by atoms with Crippen LogP contribution in [0.1, 0.15) is 43.4 Å². The lowest BCUT2D eigenvalue weighted by atomic mass is 10.3. The highest BCUT2D eigenvalue weighted by atomic mass is 16.5. The zero-order valence-corrected chi connectivity index (χ0v) is 11.0. The van der Waals surface area contributed by atoms with Crippen LogP contribution in [0.25, 0.3) is 0 Å². The molecule has 2 aromatic heterocycles. The molecule has 6 heteroatoms. The Labute approximate surface area is 111 Å². The number of methoxy groups -OCH3 is 1. The van der Waals surface area contributed by atoms with Gasteiger partial charge in [-0.05, 0) is 25.8 Å². The van der Waals surface area contributed by atoms with Crippen molar-refractivity contribution >= 4 is 5.69 Å². The fourth-order valence-corrected chi connectivity index (χ4v) is 1.83. The van der Waals surface area contributed by atoms with Crippen LogP contribution in [0.4, 0.5) is 5.69 Å². The van der Waals surface area contributed by atoms with Crippen molar-refractivity contribution in [3.05, 3.63) is 30.0 Å². The minimum Gasteiger partial charge on any atom is -0.481 e. The van der Waals surface area contributed by atoms with Gasteiger partial charge in [-0.2, -0.15) is 4.98 Å². The van der Waals surface area contributed by atoms with E-state index in [1.807, 2.05) is 13.0 Å². The van der Waals surface area contributed by atoms with Crippen LogP contribution < -0.4 is 10.1 Å². The number of nitrogens with one attached hydrogen (secondary N) is 1. The maximum Gasteiger partial charge on any atom is 0.248 e. The zero-order valence-electron chi connectivity index (χ0n) is 11.0. The van der Waals surface area contributed by atoms with E-state index in [9.17, 15) is 0 Å². The molecule has 1 N–H and O–H groups in total. The first-order valence-electron chi connectivity index (χ1n) is 6.36. The molecule has 0 saturated heterocycles. The number of pyridine rings is 1. The summed E-state index contributed by atoms with van der Waals surface area (Å²) < 4.78 is 10.3. The maximum absolute atomic E-state index is 5.28. The van der Waals surface area contributed by atoms with E-state index in [0.29, 0.717) is 17.7 Å². The average molecular weight is 260 g/mol. The van der Waals surface area contributed by atoms with Crippen molar-refractivity contribution in [1.29, 1.82) is 0 Å². The van der Waals surface area contributed by atoms with Crippen molar-refractivity contribution in [2.24, 2.45) is 0 Å². The van der Waals surface area contributed by atoms with E-state index in [1.54, 1.807) is 19.4 Å². The van der Waals surface area contributed by atoms with Crippen LogP contribution in [0.3, 0.4) is 0 Å². The largest absolute Gasteiger partial charge is 0.481 e. The Morgan fingerprint density at radius 2 is 2.26 bits per heavy atom. The van der Waals surface area contributed by atoms with Gasteiger partial charge in [-0.15, -0.1) is 0 Å². The molecule has 0 amide bonds. The summed E-state index contributed by atoms with van der Waals surface area (Å²) in [5.74, 6) is 2.54. The lowest BCUT2D eigenvalue weighted by molar-refractivity contribution is 0.362. The zero-order chi connectivity index (χ0) is 13.2. The number of anilines is 1. The van der Waals surface area contributed by atoms with Crippen LogP contribution in [0.5, 0.6) is 5.88 Å². The average Bonchev–Trinajstić information content (AvgIpc) is 3.17. The van der Waals surface area contributed by atoms with Crippen LogP contribution in [-0.2, 0) is 0 Å². The SMILES string of the molecule is COc1ccc(NC(C)c2nc(C3CC3)no2)cn1. The molecule has 1 fully saturated rings. The van der Waals surface area contributed by atoms with Crippen molar-refractivity contribution in [3.8, 4) is 5.88 Å². The molecule has 3 rings (SSSR count). The number of rotatable bonds is 5. The number of nitrogens with zero attached hydrogens (tertiary/aromatic N) is 3. The van der Waals surface area contributed by atoms with Crippen LogP contribution in [-0.4, -0.2) is 22.2 Å². The van der Waals surface area contributed by atoms with Crippen LogP contribution in [0.15, 0.2) is 22.9 Å². The topological polar surface area (TPSA) is 73.1 Å². The van der Waals surface area contributed by atoms with Gasteiger partial charge in [0, 0.05) is 12.0 Å². The highest BCUT2D eigenvalue weighted by molar-refractivity contribution is 5.43. The number of hydrogen-bond acceptors (Lipinski definition) is 6. The van der Waals surface area contributed by atoms with Gasteiger partial charge in [0.1, 0.15) is 6.04 Å². The highest BCUT2D eigenvalue weighted by Crippen LogP contribution is 2.38. The van der Waals surface area contributed by atoms with Gasteiger partial charge in [0.15, 0.2) is 5.82 Å². The van der Waals surface area contributed by atoms with Gasteiger partial charge in [-0.1, -0.05) is 5.16 Å². The summed E-state index contributed by atoms with van der Waals surface area (Å²) in [6.45, 7) is 1.98. The molecular formula is C13H16N4O2. The predicted octanol–water partition coefficient (Wildman–Crippen LogP) is 2.52. The first-order chi connectivity index (χ1) is 9.26. The van der Waals surface area contributed by atoms with E-state index >= 15 is 0 Å². The Morgan fingerprint density at radius 1 is 1.42 bits per heavy atom. The number of ether oxygens (including phenoxy) is 1. The summed E-state index contributed by atoms with van der Waals surface area (Å²) in [5, 5.41) is 7.27. The number of aromatic nitrogens is 3. The standard InChI is InChI=1S/C13H16N4O2/c1-8(13-16-12(17-19-13)9-3-4-9)15-10-5-6-11(18-2)14-7-10/h5-9,15H,3-4H2,1-2H3. The Morgan fingerprint density at radius 3 is 2.89 bits per heavy atom. The van der Waals surface area contributed by atoms with Crippen molar-refractivity contribution < 1.29 is 9.26 Å².